The summed E-state index contributed by atoms with van der Waals surface area (Å²) in [6.07, 6.45) is -0.404. The van der Waals surface area contributed by atoms with Gasteiger partial charge in [0.25, 0.3) is 0 Å². The van der Waals surface area contributed by atoms with Crippen molar-refractivity contribution in [2.24, 2.45) is 5.92 Å². The van der Waals surface area contributed by atoms with Crippen LogP contribution in [0.5, 0.6) is 0 Å². The first-order valence-corrected chi connectivity index (χ1v) is 3.59. The van der Waals surface area contributed by atoms with Crippen molar-refractivity contribution in [2.45, 2.75) is 13.2 Å². The zero-order valence-corrected chi connectivity index (χ0v) is 6.45. The molecular formula is C7H11NO3. The van der Waals surface area contributed by atoms with E-state index in [2.05, 4.69) is 6.07 Å². The van der Waals surface area contributed by atoms with Gasteiger partial charge in [-0.3, -0.25) is 0 Å². The molecule has 1 heterocycles. The van der Waals surface area contributed by atoms with Gasteiger partial charge < -0.3 is 14.2 Å². The van der Waals surface area contributed by atoms with Gasteiger partial charge in [-0.1, -0.05) is 0 Å². The number of hydrogen-bond donors (Lipinski definition) is 0. The summed E-state index contributed by atoms with van der Waals surface area (Å²) in [6.45, 7) is 3.06. The van der Waals surface area contributed by atoms with Crippen molar-refractivity contribution in [1.82, 2.24) is 0 Å². The van der Waals surface area contributed by atoms with E-state index >= 15 is 0 Å². The zero-order valence-electron chi connectivity index (χ0n) is 6.45. The van der Waals surface area contributed by atoms with E-state index < -0.39 is 6.29 Å². The van der Waals surface area contributed by atoms with Crippen LogP contribution in [0, 0.1) is 17.2 Å². The molecule has 0 aromatic carbocycles. The molecule has 11 heavy (non-hydrogen) atoms. The van der Waals surface area contributed by atoms with Crippen LogP contribution in [-0.2, 0) is 14.2 Å². The normalized spacial score (nSPS) is 31.3. The molecule has 1 aliphatic heterocycles. The number of ether oxygens (including phenoxy) is 3. The summed E-state index contributed by atoms with van der Waals surface area (Å²) in [7, 11) is 0. The fourth-order valence-corrected chi connectivity index (χ4v) is 0.912. The van der Waals surface area contributed by atoms with Gasteiger partial charge >= 0.3 is 0 Å². The summed E-state index contributed by atoms with van der Waals surface area (Å²) in [5.74, 6) is -0.288. The van der Waals surface area contributed by atoms with Crippen LogP contribution in [0.4, 0.5) is 0 Å². The Labute approximate surface area is 65.7 Å². The molecule has 62 valence electrons. The fraction of sp³-hybridized carbons (Fsp3) is 0.857. The minimum Gasteiger partial charge on any atom is -0.354 e. The van der Waals surface area contributed by atoms with Gasteiger partial charge in [0.2, 0.25) is 0 Å². The largest absolute Gasteiger partial charge is 0.354 e. The Morgan fingerprint density at radius 3 is 3.18 bits per heavy atom. The summed E-state index contributed by atoms with van der Waals surface area (Å²) in [4.78, 5) is 0. The minimum absolute atomic E-state index is 0.225. The highest BCUT2D eigenvalue weighted by molar-refractivity contribution is 4.86. The van der Waals surface area contributed by atoms with Gasteiger partial charge in [0.05, 0.1) is 12.7 Å². The Morgan fingerprint density at radius 2 is 2.55 bits per heavy atom. The van der Waals surface area contributed by atoms with Crippen LogP contribution in [0.25, 0.3) is 0 Å². The average molecular weight is 157 g/mol. The Balaban J connectivity index is 2.39. The first-order chi connectivity index (χ1) is 5.38. The van der Waals surface area contributed by atoms with E-state index in [1.165, 1.54) is 0 Å². The third-order valence-corrected chi connectivity index (χ3v) is 1.44. The molecule has 0 radical (unpaired) electrons. The Hall–Kier alpha value is -0.630. The van der Waals surface area contributed by atoms with Crippen LogP contribution in [0.1, 0.15) is 6.92 Å². The predicted molar refractivity (Wildman–Crippen MR) is 36.4 cm³/mol. The van der Waals surface area contributed by atoms with Gasteiger partial charge in [-0.15, -0.1) is 0 Å². The highest BCUT2D eigenvalue weighted by atomic mass is 16.8. The highest BCUT2D eigenvalue weighted by Gasteiger charge is 2.26. The van der Waals surface area contributed by atoms with Crippen molar-refractivity contribution in [3.05, 3.63) is 0 Å². The van der Waals surface area contributed by atoms with Gasteiger partial charge in [-0.05, 0) is 6.92 Å². The number of rotatable bonds is 2. The Kier molecular flexibility index (Phi) is 3.30. The third kappa shape index (κ3) is 2.15. The van der Waals surface area contributed by atoms with Crippen molar-refractivity contribution in [3.63, 3.8) is 0 Å². The van der Waals surface area contributed by atoms with E-state index in [4.69, 9.17) is 19.5 Å². The van der Waals surface area contributed by atoms with Gasteiger partial charge in [0, 0.05) is 6.61 Å². The van der Waals surface area contributed by atoms with Crippen molar-refractivity contribution in [3.8, 4) is 6.07 Å². The van der Waals surface area contributed by atoms with E-state index in [0.29, 0.717) is 13.2 Å². The molecule has 0 aliphatic carbocycles. The topological polar surface area (TPSA) is 51.5 Å². The molecule has 0 aromatic heterocycles. The summed E-state index contributed by atoms with van der Waals surface area (Å²) in [5.41, 5.74) is 0. The van der Waals surface area contributed by atoms with Gasteiger partial charge in [-0.2, -0.15) is 5.26 Å². The molecule has 0 bridgehead atoms. The highest BCUT2D eigenvalue weighted by Crippen LogP contribution is 2.14. The second kappa shape index (κ2) is 4.29. The second-order valence-corrected chi connectivity index (χ2v) is 2.21. The quantitative estimate of drug-likeness (QED) is 0.585. The van der Waals surface area contributed by atoms with Crippen molar-refractivity contribution >= 4 is 0 Å². The molecule has 1 rings (SSSR count). The summed E-state index contributed by atoms with van der Waals surface area (Å²) in [6, 6.07) is 2.06. The maximum Gasteiger partial charge on any atom is 0.178 e. The SMILES string of the molecule is CCOC1OCOCC1C#N. The molecule has 1 saturated heterocycles. The fourth-order valence-electron chi connectivity index (χ4n) is 0.912. The van der Waals surface area contributed by atoms with Crippen molar-refractivity contribution < 1.29 is 14.2 Å². The first kappa shape index (κ1) is 8.47. The average Bonchev–Trinajstić information content (AvgIpc) is 2.06. The molecule has 1 aliphatic rings. The Bertz CT molecular complexity index is 152. The Morgan fingerprint density at radius 1 is 1.73 bits per heavy atom. The minimum atomic E-state index is -0.404. The van der Waals surface area contributed by atoms with Crippen LogP contribution in [-0.4, -0.2) is 26.3 Å². The molecular weight excluding hydrogens is 146 g/mol. The molecule has 1 fully saturated rings. The number of hydrogen-bond acceptors (Lipinski definition) is 4. The first-order valence-electron chi connectivity index (χ1n) is 3.59. The van der Waals surface area contributed by atoms with Gasteiger partial charge in [0.1, 0.15) is 12.7 Å². The molecule has 4 heteroatoms. The van der Waals surface area contributed by atoms with E-state index in [1.807, 2.05) is 6.92 Å². The van der Waals surface area contributed by atoms with E-state index in [1.54, 1.807) is 0 Å². The maximum atomic E-state index is 8.60. The van der Waals surface area contributed by atoms with Crippen molar-refractivity contribution in [1.29, 1.82) is 5.26 Å². The van der Waals surface area contributed by atoms with Gasteiger partial charge in [0.15, 0.2) is 6.29 Å². The molecule has 0 aromatic rings. The predicted octanol–water partition coefficient (Wildman–Crippen LogP) is 0.493. The third-order valence-electron chi connectivity index (χ3n) is 1.44. The summed E-state index contributed by atoms with van der Waals surface area (Å²) in [5, 5.41) is 8.60. The van der Waals surface area contributed by atoms with Gasteiger partial charge in [-0.25, -0.2) is 0 Å². The lowest BCUT2D eigenvalue weighted by Crippen LogP contribution is -2.35. The van der Waals surface area contributed by atoms with Crippen LogP contribution < -0.4 is 0 Å². The summed E-state index contributed by atoms with van der Waals surface area (Å²) >= 11 is 0. The standard InChI is InChI=1S/C7H11NO3/c1-2-10-7-6(3-8)4-9-5-11-7/h6-7H,2,4-5H2,1H3. The maximum absolute atomic E-state index is 8.60. The molecule has 4 nitrogen and oxygen atoms in total. The van der Waals surface area contributed by atoms with Crippen LogP contribution >= 0.6 is 0 Å². The number of nitrogens with zero attached hydrogens (tertiary/aromatic N) is 1. The van der Waals surface area contributed by atoms with E-state index in [-0.39, 0.29) is 12.7 Å². The monoisotopic (exact) mass is 157 g/mol. The molecule has 0 N–H and O–H groups in total. The summed E-state index contributed by atoms with van der Waals surface area (Å²) < 4.78 is 15.1. The molecule has 0 saturated carbocycles. The van der Waals surface area contributed by atoms with E-state index in [0.717, 1.165) is 0 Å². The number of nitriles is 1. The van der Waals surface area contributed by atoms with E-state index in [9.17, 15) is 0 Å². The van der Waals surface area contributed by atoms with Crippen LogP contribution in [0.2, 0.25) is 0 Å². The molecule has 0 spiro atoms. The van der Waals surface area contributed by atoms with Crippen LogP contribution in [0.15, 0.2) is 0 Å². The zero-order chi connectivity index (χ0) is 8.10. The lowest BCUT2D eigenvalue weighted by molar-refractivity contribution is -0.251. The molecule has 0 amide bonds. The second-order valence-electron chi connectivity index (χ2n) is 2.21. The van der Waals surface area contributed by atoms with Crippen LogP contribution in [0.3, 0.4) is 0 Å². The lowest BCUT2D eigenvalue weighted by Gasteiger charge is -2.26. The molecule has 2 atom stereocenters. The lowest BCUT2D eigenvalue weighted by atomic mass is 10.2. The molecule has 2 unspecified atom stereocenters. The van der Waals surface area contributed by atoms with Crippen molar-refractivity contribution in [2.75, 3.05) is 20.0 Å². The smallest absolute Gasteiger partial charge is 0.178 e.